The number of rotatable bonds is 4. The Hall–Kier alpha value is -1.69. The van der Waals surface area contributed by atoms with Crippen LogP contribution in [0.2, 0.25) is 0 Å². The Kier molecular flexibility index (Phi) is 4.89. The predicted octanol–water partition coefficient (Wildman–Crippen LogP) is 1.81. The molecular weight excluding hydrogens is 268 g/mol. The summed E-state index contributed by atoms with van der Waals surface area (Å²) in [5, 5.41) is 9.39. The van der Waals surface area contributed by atoms with Crippen LogP contribution in [0.1, 0.15) is 18.4 Å². The van der Waals surface area contributed by atoms with Gasteiger partial charge in [0.1, 0.15) is 5.75 Å². The van der Waals surface area contributed by atoms with Crippen molar-refractivity contribution in [2.75, 3.05) is 13.1 Å². The lowest BCUT2D eigenvalue weighted by atomic mass is 10.1. The van der Waals surface area contributed by atoms with Crippen LogP contribution >= 0.6 is 0 Å². The van der Waals surface area contributed by atoms with Crippen LogP contribution in [0.5, 0.6) is 5.75 Å². The Morgan fingerprint density at radius 3 is 2.45 bits per heavy atom. The van der Waals surface area contributed by atoms with Gasteiger partial charge in [0.15, 0.2) is 0 Å². The Morgan fingerprint density at radius 1 is 1.30 bits per heavy atom. The van der Waals surface area contributed by atoms with Gasteiger partial charge in [-0.15, -0.1) is 0 Å². The maximum Gasteiger partial charge on any atom is 0.387 e. The maximum atomic E-state index is 12.0. The molecule has 1 aliphatic heterocycles. The second-order valence-corrected chi connectivity index (χ2v) is 4.81. The molecule has 0 atom stereocenters. The number of carbonyl (C=O) groups excluding carboxylic acids is 1. The summed E-state index contributed by atoms with van der Waals surface area (Å²) in [6, 6.07) is 6.06. The Labute approximate surface area is 116 Å². The molecule has 20 heavy (non-hydrogen) atoms. The van der Waals surface area contributed by atoms with Gasteiger partial charge in [-0.25, -0.2) is 0 Å². The summed E-state index contributed by atoms with van der Waals surface area (Å²) < 4.78 is 28.3. The molecule has 0 saturated carbocycles. The molecule has 110 valence electrons. The SMILES string of the molecule is O=C(Cc1ccc(OC(F)F)cc1)N1CCC(O)CC1. The molecule has 1 aromatic carbocycles. The van der Waals surface area contributed by atoms with E-state index in [2.05, 4.69) is 4.74 Å². The number of piperidine rings is 1. The minimum absolute atomic E-state index is 0.0144. The summed E-state index contributed by atoms with van der Waals surface area (Å²) in [7, 11) is 0. The van der Waals surface area contributed by atoms with E-state index >= 15 is 0 Å². The van der Waals surface area contributed by atoms with E-state index in [0.717, 1.165) is 5.56 Å². The molecule has 0 aliphatic carbocycles. The number of ether oxygens (including phenoxy) is 1. The van der Waals surface area contributed by atoms with Crippen LogP contribution in [-0.2, 0) is 11.2 Å². The van der Waals surface area contributed by atoms with Crippen LogP contribution in [0, 0.1) is 0 Å². The van der Waals surface area contributed by atoms with Crippen LogP contribution in [0.15, 0.2) is 24.3 Å². The van der Waals surface area contributed by atoms with Crippen molar-refractivity contribution in [3.8, 4) is 5.75 Å². The fraction of sp³-hybridized carbons (Fsp3) is 0.500. The average Bonchev–Trinajstić information content (AvgIpc) is 2.41. The number of hydrogen-bond acceptors (Lipinski definition) is 3. The monoisotopic (exact) mass is 285 g/mol. The van der Waals surface area contributed by atoms with Gasteiger partial charge in [0.2, 0.25) is 5.91 Å². The number of likely N-dealkylation sites (tertiary alicyclic amines) is 1. The second kappa shape index (κ2) is 6.65. The molecule has 0 spiro atoms. The van der Waals surface area contributed by atoms with Crippen LogP contribution in [0.25, 0.3) is 0 Å². The van der Waals surface area contributed by atoms with E-state index in [4.69, 9.17) is 0 Å². The highest BCUT2D eigenvalue weighted by atomic mass is 19.3. The topological polar surface area (TPSA) is 49.8 Å². The van der Waals surface area contributed by atoms with Gasteiger partial charge >= 0.3 is 6.61 Å². The molecule has 0 radical (unpaired) electrons. The highest BCUT2D eigenvalue weighted by Gasteiger charge is 2.21. The Bertz CT molecular complexity index is 442. The van der Waals surface area contributed by atoms with Gasteiger partial charge < -0.3 is 14.7 Å². The molecule has 0 unspecified atom stereocenters. The molecule has 1 aliphatic rings. The lowest BCUT2D eigenvalue weighted by molar-refractivity contribution is -0.132. The van der Waals surface area contributed by atoms with Crippen molar-refractivity contribution in [2.45, 2.75) is 32.0 Å². The first kappa shape index (κ1) is 14.7. The molecule has 0 aromatic heterocycles. The molecule has 6 heteroatoms. The van der Waals surface area contributed by atoms with Crippen molar-refractivity contribution < 1.29 is 23.4 Å². The van der Waals surface area contributed by atoms with Crippen LogP contribution in [-0.4, -0.2) is 41.7 Å². The summed E-state index contributed by atoms with van der Waals surface area (Å²) in [6.07, 6.45) is 1.12. The fourth-order valence-electron chi connectivity index (χ4n) is 2.19. The smallest absolute Gasteiger partial charge is 0.387 e. The molecule has 1 aromatic rings. The van der Waals surface area contributed by atoms with Crippen LogP contribution in [0.4, 0.5) is 8.78 Å². The first-order chi connectivity index (χ1) is 9.54. The summed E-state index contributed by atoms with van der Waals surface area (Å²) in [5.74, 6) is 0.0664. The fourth-order valence-corrected chi connectivity index (χ4v) is 2.19. The third-order valence-electron chi connectivity index (χ3n) is 3.32. The Balaban J connectivity index is 1.88. The molecule has 2 rings (SSSR count). The number of aliphatic hydroxyl groups is 1. The van der Waals surface area contributed by atoms with Gasteiger partial charge in [-0.3, -0.25) is 4.79 Å². The number of halogens is 2. The van der Waals surface area contributed by atoms with Gasteiger partial charge in [0.05, 0.1) is 12.5 Å². The van der Waals surface area contributed by atoms with Crippen molar-refractivity contribution in [1.29, 1.82) is 0 Å². The quantitative estimate of drug-likeness (QED) is 0.918. The number of alkyl halides is 2. The number of nitrogens with zero attached hydrogens (tertiary/aromatic N) is 1. The minimum atomic E-state index is -2.85. The third kappa shape index (κ3) is 4.16. The van der Waals surface area contributed by atoms with Crippen LogP contribution < -0.4 is 4.74 Å². The zero-order chi connectivity index (χ0) is 14.5. The number of benzene rings is 1. The second-order valence-electron chi connectivity index (χ2n) is 4.81. The van der Waals surface area contributed by atoms with Gasteiger partial charge in [-0.1, -0.05) is 12.1 Å². The average molecular weight is 285 g/mol. The lowest BCUT2D eigenvalue weighted by Gasteiger charge is -2.29. The Morgan fingerprint density at radius 2 is 1.90 bits per heavy atom. The molecule has 1 fully saturated rings. The highest BCUT2D eigenvalue weighted by Crippen LogP contribution is 2.17. The third-order valence-corrected chi connectivity index (χ3v) is 3.32. The van der Waals surface area contributed by atoms with E-state index in [0.29, 0.717) is 25.9 Å². The first-order valence-electron chi connectivity index (χ1n) is 6.54. The van der Waals surface area contributed by atoms with Gasteiger partial charge in [0.25, 0.3) is 0 Å². The molecule has 4 nitrogen and oxygen atoms in total. The zero-order valence-corrected chi connectivity index (χ0v) is 11.0. The number of aliphatic hydroxyl groups excluding tert-OH is 1. The zero-order valence-electron chi connectivity index (χ0n) is 11.0. The van der Waals surface area contributed by atoms with Gasteiger partial charge in [0, 0.05) is 13.1 Å². The molecular formula is C14H17F2NO3. The van der Waals surface area contributed by atoms with Gasteiger partial charge in [-0.2, -0.15) is 8.78 Å². The molecule has 0 bridgehead atoms. The maximum absolute atomic E-state index is 12.0. The highest BCUT2D eigenvalue weighted by molar-refractivity contribution is 5.78. The molecule has 1 heterocycles. The van der Waals surface area contributed by atoms with E-state index in [1.54, 1.807) is 17.0 Å². The van der Waals surface area contributed by atoms with E-state index < -0.39 is 6.61 Å². The summed E-state index contributed by atoms with van der Waals surface area (Å²) in [4.78, 5) is 13.7. The van der Waals surface area contributed by atoms with Crippen molar-refractivity contribution in [1.82, 2.24) is 4.90 Å². The van der Waals surface area contributed by atoms with Crippen molar-refractivity contribution in [2.24, 2.45) is 0 Å². The van der Waals surface area contributed by atoms with Crippen molar-refractivity contribution >= 4 is 5.91 Å². The molecule has 1 saturated heterocycles. The van der Waals surface area contributed by atoms with E-state index in [-0.39, 0.29) is 24.2 Å². The number of hydrogen-bond donors (Lipinski definition) is 1. The normalized spacial score (nSPS) is 16.5. The summed E-state index contributed by atoms with van der Waals surface area (Å²) >= 11 is 0. The summed E-state index contributed by atoms with van der Waals surface area (Å²) in [6.45, 7) is -1.72. The molecule has 1 amide bonds. The first-order valence-corrected chi connectivity index (χ1v) is 6.54. The lowest BCUT2D eigenvalue weighted by Crippen LogP contribution is -2.40. The number of amides is 1. The van der Waals surface area contributed by atoms with Crippen molar-refractivity contribution in [3.63, 3.8) is 0 Å². The van der Waals surface area contributed by atoms with E-state index in [1.807, 2.05) is 0 Å². The predicted molar refractivity (Wildman–Crippen MR) is 68.6 cm³/mol. The minimum Gasteiger partial charge on any atom is -0.435 e. The summed E-state index contributed by atoms with van der Waals surface area (Å²) in [5.41, 5.74) is 0.753. The van der Waals surface area contributed by atoms with E-state index in [9.17, 15) is 18.7 Å². The molecule has 1 N–H and O–H groups in total. The van der Waals surface area contributed by atoms with E-state index in [1.165, 1.54) is 12.1 Å². The van der Waals surface area contributed by atoms with Crippen molar-refractivity contribution in [3.05, 3.63) is 29.8 Å². The largest absolute Gasteiger partial charge is 0.435 e. The van der Waals surface area contributed by atoms with Crippen LogP contribution in [0.3, 0.4) is 0 Å². The standard InChI is InChI=1S/C14H17F2NO3/c15-14(16)20-12-3-1-10(2-4-12)9-13(19)17-7-5-11(18)6-8-17/h1-4,11,14,18H,5-9H2. The number of carbonyl (C=O) groups is 1. The van der Waals surface area contributed by atoms with Gasteiger partial charge in [-0.05, 0) is 30.5 Å².